The van der Waals surface area contributed by atoms with Gasteiger partial charge >= 0.3 is 0 Å². The molecule has 0 atom stereocenters. The standard InChI is InChI=1S/C13H8FN3O2.C13H10FN3.C2H6O/c14-10-3-6-13-15-12(8-16(13)7-10)9-1-4-11(5-2-9)17(18)19;14-10-3-6-13-16-12(8-17(13)7-10)9-1-4-11(15)5-2-9;1-2-3/h1-8H;1-8H,15H2;3H,2H2,1H3. The van der Waals surface area contributed by atoms with Gasteiger partial charge in [0.05, 0.1) is 16.3 Å². The molecule has 6 rings (SSSR count). The number of halogens is 2. The van der Waals surface area contributed by atoms with Gasteiger partial charge in [0.15, 0.2) is 0 Å². The number of aromatic nitrogens is 4. The highest BCUT2D eigenvalue weighted by molar-refractivity contribution is 5.65. The maximum atomic E-state index is 13.1. The zero-order chi connectivity index (χ0) is 27.9. The molecule has 0 fully saturated rings. The van der Waals surface area contributed by atoms with Gasteiger partial charge in [0.1, 0.15) is 22.9 Å². The lowest BCUT2D eigenvalue weighted by atomic mass is 10.1. The Balaban J connectivity index is 0.000000165. The Labute approximate surface area is 221 Å². The van der Waals surface area contributed by atoms with Crippen LogP contribution in [-0.4, -0.2) is 35.4 Å². The number of aliphatic hydroxyl groups excluding tert-OH is 1. The molecule has 0 saturated carbocycles. The Kier molecular flexibility index (Phi) is 8.22. The van der Waals surface area contributed by atoms with Gasteiger partial charge in [0.2, 0.25) is 0 Å². The third kappa shape index (κ3) is 6.59. The van der Waals surface area contributed by atoms with Crippen LogP contribution in [0.15, 0.2) is 97.6 Å². The van der Waals surface area contributed by atoms with Gasteiger partial charge in [-0.25, -0.2) is 18.7 Å². The van der Waals surface area contributed by atoms with Crippen molar-refractivity contribution < 1.29 is 18.8 Å². The number of anilines is 1. The molecular formula is C28H24F2N6O3. The number of nitro benzene ring substituents is 1. The number of nitro groups is 1. The van der Waals surface area contributed by atoms with Crippen LogP contribution in [0.5, 0.6) is 0 Å². The Hall–Kier alpha value is -5.16. The number of hydrogen-bond acceptors (Lipinski definition) is 6. The van der Waals surface area contributed by atoms with E-state index in [2.05, 4.69) is 9.97 Å². The quantitative estimate of drug-likeness (QED) is 0.170. The molecule has 0 saturated heterocycles. The van der Waals surface area contributed by atoms with Gasteiger partial charge in [-0.1, -0.05) is 12.1 Å². The Morgan fingerprint density at radius 2 is 1.18 bits per heavy atom. The lowest BCUT2D eigenvalue weighted by molar-refractivity contribution is -0.384. The highest BCUT2D eigenvalue weighted by Crippen LogP contribution is 2.23. The van der Waals surface area contributed by atoms with Crippen molar-refractivity contribution in [2.45, 2.75) is 6.92 Å². The van der Waals surface area contributed by atoms with Crippen molar-refractivity contribution in [3.05, 3.63) is 119 Å². The smallest absolute Gasteiger partial charge is 0.269 e. The van der Waals surface area contributed by atoms with Gasteiger partial charge in [-0.05, 0) is 55.5 Å². The number of nitrogen functional groups attached to an aromatic ring is 1. The van der Waals surface area contributed by atoms with Gasteiger partial charge in [0.25, 0.3) is 5.69 Å². The number of nitrogens with zero attached hydrogens (tertiary/aromatic N) is 5. The number of pyridine rings is 2. The van der Waals surface area contributed by atoms with E-state index in [1.54, 1.807) is 52.4 Å². The molecule has 4 heterocycles. The van der Waals surface area contributed by atoms with Crippen molar-refractivity contribution in [2.75, 3.05) is 12.3 Å². The number of nitrogens with two attached hydrogens (primary N) is 1. The Morgan fingerprint density at radius 3 is 1.59 bits per heavy atom. The average molecular weight is 531 g/mol. The second-order valence-corrected chi connectivity index (χ2v) is 8.22. The molecule has 0 aliphatic rings. The summed E-state index contributed by atoms with van der Waals surface area (Å²) >= 11 is 0. The van der Waals surface area contributed by atoms with Crippen molar-refractivity contribution >= 4 is 22.7 Å². The largest absolute Gasteiger partial charge is 0.399 e. The minimum atomic E-state index is -0.456. The first-order valence-electron chi connectivity index (χ1n) is 11.8. The van der Waals surface area contributed by atoms with E-state index in [1.807, 2.05) is 24.3 Å². The van der Waals surface area contributed by atoms with Gasteiger partial charge in [-0.3, -0.25) is 10.1 Å². The summed E-state index contributed by atoms with van der Waals surface area (Å²) in [5.74, 6) is -0.626. The predicted octanol–water partition coefficient (Wildman–Crippen LogP) is 5.77. The van der Waals surface area contributed by atoms with Crippen molar-refractivity contribution in [1.29, 1.82) is 0 Å². The van der Waals surface area contributed by atoms with Gasteiger partial charge in [-0.15, -0.1) is 0 Å². The van der Waals surface area contributed by atoms with Crippen LogP contribution < -0.4 is 5.73 Å². The molecule has 9 nitrogen and oxygen atoms in total. The topological polar surface area (TPSA) is 124 Å². The number of fused-ring (bicyclic) bond motifs is 2. The third-order valence-electron chi connectivity index (χ3n) is 5.41. The summed E-state index contributed by atoms with van der Waals surface area (Å²) in [6.07, 6.45) is 6.21. The maximum absolute atomic E-state index is 13.1. The summed E-state index contributed by atoms with van der Waals surface area (Å²) in [7, 11) is 0. The minimum Gasteiger partial charge on any atom is -0.399 e. The average Bonchev–Trinajstić information content (AvgIpc) is 3.54. The van der Waals surface area contributed by atoms with E-state index in [-0.39, 0.29) is 23.9 Å². The molecule has 0 spiro atoms. The number of imidazole rings is 2. The molecule has 6 aromatic rings. The van der Waals surface area contributed by atoms with E-state index in [9.17, 15) is 18.9 Å². The summed E-state index contributed by atoms with van der Waals surface area (Å²) in [6, 6.07) is 19.5. The first-order valence-corrected chi connectivity index (χ1v) is 11.8. The zero-order valence-electron chi connectivity index (χ0n) is 20.8. The molecule has 0 aliphatic carbocycles. The van der Waals surface area contributed by atoms with Crippen molar-refractivity contribution in [3.8, 4) is 22.5 Å². The number of rotatable bonds is 3. The fraction of sp³-hybridized carbons (Fsp3) is 0.0714. The van der Waals surface area contributed by atoms with Gasteiger partial charge in [-0.2, -0.15) is 0 Å². The van der Waals surface area contributed by atoms with Crippen molar-refractivity contribution in [3.63, 3.8) is 0 Å². The van der Waals surface area contributed by atoms with E-state index < -0.39 is 4.92 Å². The predicted molar refractivity (Wildman–Crippen MR) is 145 cm³/mol. The number of aliphatic hydroxyl groups is 1. The van der Waals surface area contributed by atoms with Crippen LogP contribution in [0.4, 0.5) is 20.2 Å². The third-order valence-corrected chi connectivity index (χ3v) is 5.41. The van der Waals surface area contributed by atoms with Crippen LogP contribution in [0.1, 0.15) is 6.92 Å². The number of hydrogen-bond donors (Lipinski definition) is 2. The van der Waals surface area contributed by atoms with Crippen LogP contribution in [0.2, 0.25) is 0 Å². The second kappa shape index (κ2) is 11.9. The molecule has 0 bridgehead atoms. The van der Waals surface area contributed by atoms with E-state index in [0.29, 0.717) is 17.0 Å². The summed E-state index contributed by atoms with van der Waals surface area (Å²) in [5.41, 5.74) is 10.9. The van der Waals surface area contributed by atoms with Gasteiger partial charge < -0.3 is 19.6 Å². The van der Waals surface area contributed by atoms with Crippen LogP contribution in [0.25, 0.3) is 33.8 Å². The first-order chi connectivity index (χ1) is 18.8. The fourth-order valence-electron chi connectivity index (χ4n) is 3.62. The molecule has 198 valence electrons. The zero-order valence-corrected chi connectivity index (χ0v) is 20.8. The highest BCUT2D eigenvalue weighted by atomic mass is 19.1. The Bertz CT molecular complexity index is 1710. The fourth-order valence-corrected chi connectivity index (χ4v) is 3.62. The van der Waals surface area contributed by atoms with E-state index in [4.69, 9.17) is 10.8 Å². The van der Waals surface area contributed by atoms with E-state index in [1.165, 1.54) is 36.7 Å². The van der Waals surface area contributed by atoms with Crippen molar-refractivity contribution in [2.24, 2.45) is 0 Å². The first kappa shape index (κ1) is 26.9. The summed E-state index contributed by atoms with van der Waals surface area (Å²) in [6.45, 7) is 1.93. The SMILES string of the molecule is CCO.Nc1ccc(-c2cn3cc(F)ccc3n2)cc1.O=[N+]([O-])c1ccc(-c2cn3cc(F)ccc3n2)cc1. The molecule has 0 unspecified atom stereocenters. The number of benzene rings is 2. The molecule has 3 N–H and O–H groups in total. The monoisotopic (exact) mass is 530 g/mol. The van der Waals surface area contributed by atoms with Crippen LogP contribution in [-0.2, 0) is 0 Å². The molecule has 11 heteroatoms. The molecule has 39 heavy (non-hydrogen) atoms. The molecule has 4 aromatic heterocycles. The van der Waals surface area contributed by atoms with E-state index >= 15 is 0 Å². The van der Waals surface area contributed by atoms with Crippen molar-refractivity contribution in [1.82, 2.24) is 18.8 Å². The molecule has 0 radical (unpaired) electrons. The lowest BCUT2D eigenvalue weighted by Gasteiger charge is -1.96. The maximum Gasteiger partial charge on any atom is 0.269 e. The number of non-ortho nitro benzene ring substituents is 1. The molecule has 0 aliphatic heterocycles. The second-order valence-electron chi connectivity index (χ2n) is 8.22. The van der Waals surface area contributed by atoms with Crippen LogP contribution in [0.3, 0.4) is 0 Å². The lowest BCUT2D eigenvalue weighted by Crippen LogP contribution is -1.87. The minimum absolute atomic E-state index is 0.0264. The molecule has 0 amide bonds. The Morgan fingerprint density at radius 1 is 0.769 bits per heavy atom. The molecule has 2 aromatic carbocycles. The summed E-state index contributed by atoms with van der Waals surface area (Å²) in [4.78, 5) is 18.8. The van der Waals surface area contributed by atoms with Crippen LogP contribution in [0, 0.1) is 21.7 Å². The molecular weight excluding hydrogens is 506 g/mol. The van der Waals surface area contributed by atoms with Crippen LogP contribution >= 0.6 is 0 Å². The van der Waals surface area contributed by atoms with E-state index in [0.717, 1.165) is 22.5 Å². The van der Waals surface area contributed by atoms with Gasteiger partial charge in [0, 0.05) is 60.3 Å². The normalized spacial score (nSPS) is 10.5. The summed E-state index contributed by atoms with van der Waals surface area (Å²) in [5, 5.41) is 18.1. The highest BCUT2D eigenvalue weighted by Gasteiger charge is 2.08. The summed E-state index contributed by atoms with van der Waals surface area (Å²) < 4.78 is 29.3.